The molecule has 0 aromatic heterocycles. The van der Waals surface area contributed by atoms with Crippen LogP contribution in [0.15, 0.2) is 24.3 Å². The van der Waals surface area contributed by atoms with Crippen LogP contribution in [-0.2, 0) is 11.2 Å². The molecule has 0 amide bonds. The van der Waals surface area contributed by atoms with Crippen LogP contribution in [0.4, 0.5) is 0 Å². The molecule has 1 atom stereocenters. The smallest absolute Gasteiger partial charge is 0.0468 e. The highest BCUT2D eigenvalue weighted by molar-refractivity contribution is 6.30. The van der Waals surface area contributed by atoms with Crippen LogP contribution in [0.2, 0.25) is 5.02 Å². The summed E-state index contributed by atoms with van der Waals surface area (Å²) in [6.07, 6.45) is 6.11. The summed E-state index contributed by atoms with van der Waals surface area (Å²) in [4.78, 5) is 0. The van der Waals surface area contributed by atoms with Crippen molar-refractivity contribution in [3.8, 4) is 0 Å². The van der Waals surface area contributed by atoms with E-state index in [1.54, 1.807) is 0 Å². The first-order valence-electron chi connectivity index (χ1n) is 8.30. The van der Waals surface area contributed by atoms with E-state index in [-0.39, 0.29) is 0 Å². The first-order valence-corrected chi connectivity index (χ1v) is 8.68. The van der Waals surface area contributed by atoms with Crippen molar-refractivity contribution < 1.29 is 4.74 Å². The second-order valence-electron chi connectivity index (χ2n) is 6.19. The third-order valence-corrected chi connectivity index (χ3v) is 4.56. The van der Waals surface area contributed by atoms with Gasteiger partial charge in [-0.1, -0.05) is 30.7 Å². The lowest BCUT2D eigenvalue weighted by Gasteiger charge is -2.27. The zero-order valence-electron chi connectivity index (χ0n) is 13.1. The number of benzene rings is 1. The zero-order chi connectivity index (χ0) is 14.9. The molecule has 21 heavy (non-hydrogen) atoms. The molecule has 1 saturated heterocycles. The first kappa shape index (κ1) is 16.8. The minimum atomic E-state index is 0.709. The van der Waals surface area contributed by atoms with Crippen molar-refractivity contribution in [2.75, 3.05) is 26.3 Å². The second kappa shape index (κ2) is 9.45. The predicted octanol–water partition coefficient (Wildman–Crippen LogP) is 4.32. The lowest BCUT2D eigenvalue weighted by atomic mass is 9.85. The predicted molar refractivity (Wildman–Crippen MR) is 90.0 cm³/mol. The molecule has 1 unspecified atom stereocenters. The van der Waals surface area contributed by atoms with Gasteiger partial charge < -0.3 is 10.1 Å². The number of hydrogen-bond donors (Lipinski definition) is 1. The van der Waals surface area contributed by atoms with Crippen LogP contribution in [0.25, 0.3) is 0 Å². The molecule has 1 aliphatic rings. The number of hydrogen-bond acceptors (Lipinski definition) is 2. The summed E-state index contributed by atoms with van der Waals surface area (Å²) in [5.41, 5.74) is 1.40. The normalized spacial score (nSPS) is 17.8. The van der Waals surface area contributed by atoms with Gasteiger partial charge in [-0.2, -0.15) is 0 Å². The van der Waals surface area contributed by atoms with Crippen LogP contribution in [0.3, 0.4) is 0 Å². The summed E-state index contributed by atoms with van der Waals surface area (Å²) in [6.45, 7) is 6.35. The van der Waals surface area contributed by atoms with Crippen LogP contribution in [0.1, 0.15) is 38.2 Å². The Balaban J connectivity index is 1.88. The van der Waals surface area contributed by atoms with Crippen molar-refractivity contribution in [1.82, 2.24) is 5.32 Å². The average molecular weight is 310 g/mol. The number of nitrogens with one attached hydrogen (secondary N) is 1. The molecule has 2 rings (SSSR count). The van der Waals surface area contributed by atoms with E-state index >= 15 is 0 Å². The van der Waals surface area contributed by atoms with E-state index in [0.29, 0.717) is 5.92 Å². The second-order valence-corrected chi connectivity index (χ2v) is 6.63. The summed E-state index contributed by atoms with van der Waals surface area (Å²) in [5, 5.41) is 4.42. The third-order valence-electron chi connectivity index (χ3n) is 4.30. The Bertz CT molecular complexity index is 387. The van der Waals surface area contributed by atoms with Crippen LogP contribution in [0, 0.1) is 11.8 Å². The Kier molecular flexibility index (Phi) is 7.56. The van der Waals surface area contributed by atoms with E-state index < -0.39 is 0 Å². The maximum absolute atomic E-state index is 5.98. The van der Waals surface area contributed by atoms with Gasteiger partial charge in [0.05, 0.1) is 0 Å². The van der Waals surface area contributed by atoms with E-state index in [4.69, 9.17) is 16.3 Å². The summed E-state index contributed by atoms with van der Waals surface area (Å²) in [5.74, 6) is 1.54. The molecule has 1 aliphatic heterocycles. The van der Waals surface area contributed by atoms with E-state index in [2.05, 4.69) is 24.4 Å². The van der Waals surface area contributed by atoms with Gasteiger partial charge in [-0.15, -0.1) is 0 Å². The van der Waals surface area contributed by atoms with Crippen molar-refractivity contribution in [2.24, 2.45) is 11.8 Å². The number of rotatable bonds is 8. The Labute approximate surface area is 134 Å². The van der Waals surface area contributed by atoms with Crippen molar-refractivity contribution >= 4 is 11.6 Å². The summed E-state index contributed by atoms with van der Waals surface area (Å²) < 4.78 is 5.48. The molecule has 0 radical (unpaired) electrons. The van der Waals surface area contributed by atoms with Gasteiger partial charge in [-0.25, -0.2) is 0 Å². The Hall–Kier alpha value is -0.570. The fraction of sp³-hybridized carbons (Fsp3) is 0.667. The van der Waals surface area contributed by atoms with Gasteiger partial charge in [0.2, 0.25) is 0 Å². The highest BCUT2D eigenvalue weighted by Crippen LogP contribution is 2.25. The van der Waals surface area contributed by atoms with Gasteiger partial charge in [0.1, 0.15) is 0 Å². The largest absolute Gasteiger partial charge is 0.381 e. The van der Waals surface area contributed by atoms with E-state index in [1.807, 2.05) is 12.1 Å². The molecular weight excluding hydrogens is 282 g/mol. The fourth-order valence-corrected chi connectivity index (χ4v) is 3.26. The molecule has 3 heteroatoms. The van der Waals surface area contributed by atoms with Crippen molar-refractivity contribution in [1.29, 1.82) is 0 Å². The molecule has 0 bridgehead atoms. The molecule has 1 aromatic carbocycles. The van der Waals surface area contributed by atoms with Crippen molar-refractivity contribution in [3.63, 3.8) is 0 Å². The highest BCUT2D eigenvalue weighted by Gasteiger charge is 2.19. The summed E-state index contributed by atoms with van der Waals surface area (Å²) in [7, 11) is 0. The van der Waals surface area contributed by atoms with Gasteiger partial charge in [-0.3, -0.25) is 0 Å². The van der Waals surface area contributed by atoms with Crippen molar-refractivity contribution in [2.45, 2.75) is 39.0 Å². The quantitative estimate of drug-likeness (QED) is 0.722. The summed E-state index contributed by atoms with van der Waals surface area (Å²) >= 11 is 5.98. The van der Waals surface area contributed by atoms with Gasteiger partial charge in [0, 0.05) is 18.2 Å². The van der Waals surface area contributed by atoms with E-state index in [1.165, 1.54) is 31.2 Å². The topological polar surface area (TPSA) is 21.3 Å². The molecule has 1 aromatic rings. The molecule has 1 heterocycles. The molecule has 118 valence electrons. The molecule has 0 spiro atoms. The highest BCUT2D eigenvalue weighted by atomic mass is 35.5. The maximum Gasteiger partial charge on any atom is 0.0468 e. The van der Waals surface area contributed by atoms with Crippen LogP contribution in [0.5, 0.6) is 0 Å². The fourth-order valence-electron chi connectivity index (χ4n) is 3.13. The average Bonchev–Trinajstić information content (AvgIpc) is 2.51. The van der Waals surface area contributed by atoms with Crippen LogP contribution < -0.4 is 5.32 Å². The monoisotopic (exact) mass is 309 g/mol. The van der Waals surface area contributed by atoms with Gasteiger partial charge >= 0.3 is 0 Å². The number of halogens is 1. The first-order chi connectivity index (χ1) is 10.3. The van der Waals surface area contributed by atoms with E-state index in [9.17, 15) is 0 Å². The standard InChI is InChI=1S/C18H28ClNO/c1-2-9-20-14-17(13-16-7-10-21-11-8-16)12-15-3-5-18(19)6-4-15/h3-6,16-17,20H,2,7-14H2,1H3. The molecule has 0 aliphatic carbocycles. The zero-order valence-corrected chi connectivity index (χ0v) is 13.9. The molecule has 1 fully saturated rings. The maximum atomic E-state index is 5.98. The number of ether oxygens (including phenoxy) is 1. The van der Waals surface area contributed by atoms with Crippen LogP contribution in [-0.4, -0.2) is 26.3 Å². The Morgan fingerprint density at radius 1 is 1.24 bits per heavy atom. The Morgan fingerprint density at radius 2 is 1.95 bits per heavy atom. The molecule has 0 saturated carbocycles. The summed E-state index contributed by atoms with van der Waals surface area (Å²) in [6, 6.07) is 8.34. The molecular formula is C18H28ClNO. The minimum absolute atomic E-state index is 0.709. The van der Waals surface area contributed by atoms with Gasteiger partial charge in [0.15, 0.2) is 0 Å². The lowest BCUT2D eigenvalue weighted by molar-refractivity contribution is 0.0585. The van der Waals surface area contributed by atoms with Crippen molar-refractivity contribution in [3.05, 3.63) is 34.9 Å². The SMILES string of the molecule is CCCNCC(Cc1ccc(Cl)cc1)CC1CCOCC1. The minimum Gasteiger partial charge on any atom is -0.381 e. The van der Waals surface area contributed by atoms with Crippen LogP contribution >= 0.6 is 11.6 Å². The third kappa shape index (κ3) is 6.37. The molecule has 1 N–H and O–H groups in total. The van der Waals surface area contributed by atoms with E-state index in [0.717, 1.165) is 43.7 Å². The lowest BCUT2D eigenvalue weighted by Crippen LogP contribution is -2.28. The van der Waals surface area contributed by atoms with Gasteiger partial charge in [0.25, 0.3) is 0 Å². The molecule has 2 nitrogen and oxygen atoms in total. The van der Waals surface area contributed by atoms with Gasteiger partial charge in [-0.05, 0) is 74.7 Å². The Morgan fingerprint density at radius 3 is 2.62 bits per heavy atom.